The van der Waals surface area contributed by atoms with Gasteiger partial charge in [0.15, 0.2) is 0 Å². The average molecular weight is 325 g/mol. The molecule has 0 bridgehead atoms. The van der Waals surface area contributed by atoms with Crippen LogP contribution in [0.1, 0.15) is 0 Å². The fraction of sp³-hybridized carbons (Fsp3) is 0. The van der Waals surface area contributed by atoms with Gasteiger partial charge in [0.1, 0.15) is 11.5 Å². The minimum atomic E-state index is 0.221. The van der Waals surface area contributed by atoms with Crippen molar-refractivity contribution in [3.8, 4) is 17.2 Å². The number of phenolic OH excluding ortho intramolecular Hbond substituents is 2. The third kappa shape index (κ3) is 2.06. The van der Waals surface area contributed by atoms with E-state index in [2.05, 4.69) is 29.1 Å². The van der Waals surface area contributed by atoms with E-state index in [0.717, 1.165) is 38.0 Å². The molecular weight excluding hydrogens is 310 g/mol. The number of nitrogens with zero attached hydrogens (tertiary/aromatic N) is 1. The first kappa shape index (κ1) is 13.9. The molecule has 0 aliphatic heterocycles. The van der Waals surface area contributed by atoms with Crippen LogP contribution < -0.4 is 0 Å². The highest BCUT2D eigenvalue weighted by Gasteiger charge is 2.12. The molecule has 5 rings (SSSR count). The van der Waals surface area contributed by atoms with E-state index in [9.17, 15) is 10.2 Å². The Bertz CT molecular complexity index is 1170. The predicted molar refractivity (Wildman–Crippen MR) is 102 cm³/mol. The van der Waals surface area contributed by atoms with E-state index < -0.39 is 0 Å². The van der Waals surface area contributed by atoms with Gasteiger partial charge in [0, 0.05) is 28.9 Å². The van der Waals surface area contributed by atoms with Crippen LogP contribution in [0.2, 0.25) is 0 Å². The zero-order chi connectivity index (χ0) is 17.0. The molecule has 4 aromatic carbocycles. The van der Waals surface area contributed by atoms with Gasteiger partial charge in [-0.05, 0) is 57.9 Å². The second kappa shape index (κ2) is 5.02. The summed E-state index contributed by atoms with van der Waals surface area (Å²) in [7, 11) is 0. The summed E-state index contributed by atoms with van der Waals surface area (Å²) in [5.41, 5.74) is 1.09. The first-order valence-electron chi connectivity index (χ1n) is 8.15. The number of aromatic nitrogens is 1. The second-order valence-electron chi connectivity index (χ2n) is 6.29. The molecule has 1 heterocycles. The molecule has 0 atom stereocenters. The molecule has 3 nitrogen and oxygen atoms in total. The molecule has 120 valence electrons. The van der Waals surface area contributed by atoms with Gasteiger partial charge < -0.3 is 14.8 Å². The quantitative estimate of drug-likeness (QED) is 0.408. The summed E-state index contributed by atoms with van der Waals surface area (Å²) in [5, 5.41) is 26.1. The smallest absolute Gasteiger partial charge is 0.116 e. The van der Waals surface area contributed by atoms with Crippen molar-refractivity contribution < 1.29 is 10.2 Å². The van der Waals surface area contributed by atoms with Crippen LogP contribution in [0.5, 0.6) is 11.5 Å². The SMILES string of the molecule is Oc1ccc2c(c1)c1cc(O)ccc1c1cn(-c3ccccc3)cc21. The fourth-order valence-corrected chi connectivity index (χ4v) is 3.61. The molecular formula is C22H15NO2. The molecule has 25 heavy (non-hydrogen) atoms. The van der Waals surface area contributed by atoms with Gasteiger partial charge in [-0.1, -0.05) is 30.3 Å². The third-order valence-corrected chi connectivity index (χ3v) is 4.76. The molecule has 0 radical (unpaired) electrons. The maximum absolute atomic E-state index is 9.95. The summed E-state index contributed by atoms with van der Waals surface area (Å²) < 4.78 is 2.11. The van der Waals surface area contributed by atoms with Gasteiger partial charge >= 0.3 is 0 Å². The number of aromatic hydroxyl groups is 2. The van der Waals surface area contributed by atoms with Gasteiger partial charge in [0.25, 0.3) is 0 Å². The van der Waals surface area contributed by atoms with Crippen LogP contribution in [0.15, 0.2) is 79.1 Å². The van der Waals surface area contributed by atoms with E-state index in [1.54, 1.807) is 24.3 Å². The molecule has 2 N–H and O–H groups in total. The lowest BCUT2D eigenvalue weighted by atomic mass is 9.96. The number of rotatable bonds is 1. The third-order valence-electron chi connectivity index (χ3n) is 4.76. The number of phenols is 2. The molecule has 0 saturated heterocycles. The van der Waals surface area contributed by atoms with Crippen LogP contribution in [-0.2, 0) is 0 Å². The summed E-state index contributed by atoms with van der Waals surface area (Å²) >= 11 is 0. The Morgan fingerprint density at radius 3 is 1.56 bits per heavy atom. The second-order valence-corrected chi connectivity index (χ2v) is 6.29. The highest BCUT2D eigenvalue weighted by Crippen LogP contribution is 2.38. The number of hydrogen-bond acceptors (Lipinski definition) is 2. The van der Waals surface area contributed by atoms with Crippen molar-refractivity contribution in [2.24, 2.45) is 0 Å². The van der Waals surface area contributed by atoms with Crippen LogP contribution in [0.3, 0.4) is 0 Å². The standard InChI is InChI=1S/C22H15NO2/c24-15-6-8-17-19(10-15)20-11-16(25)7-9-18(20)22-13-23(12-21(17)22)14-4-2-1-3-5-14/h1-13,24-25H. The molecule has 0 fully saturated rings. The fourth-order valence-electron chi connectivity index (χ4n) is 3.61. The van der Waals surface area contributed by atoms with Crippen molar-refractivity contribution in [2.45, 2.75) is 0 Å². The normalized spacial score (nSPS) is 11.5. The van der Waals surface area contributed by atoms with Gasteiger partial charge in [0.2, 0.25) is 0 Å². The lowest BCUT2D eigenvalue weighted by molar-refractivity contribution is 0.475. The van der Waals surface area contributed by atoms with Crippen molar-refractivity contribution in [2.75, 3.05) is 0 Å². The maximum atomic E-state index is 9.95. The Morgan fingerprint density at radius 1 is 0.520 bits per heavy atom. The molecule has 5 aromatic rings. The largest absolute Gasteiger partial charge is 0.508 e. The Kier molecular flexibility index (Phi) is 2.80. The van der Waals surface area contributed by atoms with Crippen LogP contribution in [-0.4, -0.2) is 14.8 Å². The van der Waals surface area contributed by atoms with Crippen molar-refractivity contribution in [1.82, 2.24) is 4.57 Å². The molecule has 0 spiro atoms. The number of fused-ring (bicyclic) bond motifs is 6. The summed E-state index contributed by atoms with van der Waals surface area (Å²) in [6.07, 6.45) is 4.24. The van der Waals surface area contributed by atoms with E-state index in [0.29, 0.717) is 0 Å². The Labute approximate surface area is 144 Å². The molecule has 0 saturated carbocycles. The van der Waals surface area contributed by atoms with Gasteiger partial charge in [-0.25, -0.2) is 0 Å². The first-order chi connectivity index (χ1) is 12.2. The average Bonchev–Trinajstić information content (AvgIpc) is 3.08. The molecule has 0 unspecified atom stereocenters. The zero-order valence-corrected chi connectivity index (χ0v) is 13.3. The lowest BCUT2D eigenvalue weighted by Crippen LogP contribution is -1.87. The van der Waals surface area contributed by atoms with Crippen LogP contribution in [0, 0.1) is 0 Å². The summed E-state index contributed by atoms with van der Waals surface area (Å²) in [5.74, 6) is 0.443. The number of benzene rings is 4. The first-order valence-corrected chi connectivity index (χ1v) is 8.15. The van der Waals surface area contributed by atoms with Crippen LogP contribution in [0.4, 0.5) is 0 Å². The summed E-state index contributed by atoms with van der Waals surface area (Å²) in [6.45, 7) is 0. The zero-order valence-electron chi connectivity index (χ0n) is 13.3. The lowest BCUT2D eigenvalue weighted by Gasteiger charge is -2.08. The van der Waals surface area contributed by atoms with Gasteiger partial charge in [-0.15, -0.1) is 0 Å². The van der Waals surface area contributed by atoms with Crippen molar-refractivity contribution >= 4 is 32.3 Å². The van der Waals surface area contributed by atoms with Crippen LogP contribution >= 0.6 is 0 Å². The van der Waals surface area contributed by atoms with E-state index in [1.807, 2.05) is 30.3 Å². The van der Waals surface area contributed by atoms with Gasteiger partial charge in [-0.2, -0.15) is 0 Å². The Hall–Kier alpha value is -3.46. The maximum Gasteiger partial charge on any atom is 0.116 e. The molecule has 3 heteroatoms. The van der Waals surface area contributed by atoms with E-state index >= 15 is 0 Å². The van der Waals surface area contributed by atoms with E-state index in [1.165, 1.54) is 0 Å². The topological polar surface area (TPSA) is 45.4 Å². The summed E-state index contributed by atoms with van der Waals surface area (Å²) in [6, 6.07) is 21.0. The number of hydrogen-bond donors (Lipinski definition) is 2. The van der Waals surface area contributed by atoms with Crippen molar-refractivity contribution in [3.63, 3.8) is 0 Å². The van der Waals surface area contributed by atoms with Crippen molar-refractivity contribution in [3.05, 3.63) is 79.1 Å². The summed E-state index contributed by atoms with van der Waals surface area (Å²) in [4.78, 5) is 0. The predicted octanol–water partition coefficient (Wildman–Crippen LogP) is 5.35. The molecule has 0 aliphatic carbocycles. The highest BCUT2D eigenvalue weighted by atomic mass is 16.3. The number of para-hydroxylation sites is 1. The minimum absolute atomic E-state index is 0.221. The highest BCUT2D eigenvalue weighted by molar-refractivity contribution is 6.25. The molecule has 0 amide bonds. The molecule has 0 aliphatic rings. The van der Waals surface area contributed by atoms with E-state index in [-0.39, 0.29) is 11.5 Å². The Morgan fingerprint density at radius 2 is 1.04 bits per heavy atom. The van der Waals surface area contributed by atoms with Gasteiger partial charge in [0.05, 0.1) is 0 Å². The Balaban J connectivity index is 1.98. The van der Waals surface area contributed by atoms with Crippen LogP contribution in [0.25, 0.3) is 38.0 Å². The minimum Gasteiger partial charge on any atom is -0.508 e. The van der Waals surface area contributed by atoms with Crippen molar-refractivity contribution in [1.29, 1.82) is 0 Å². The van der Waals surface area contributed by atoms with E-state index in [4.69, 9.17) is 0 Å². The molecule has 1 aromatic heterocycles. The van der Waals surface area contributed by atoms with Gasteiger partial charge in [-0.3, -0.25) is 0 Å². The monoisotopic (exact) mass is 325 g/mol.